The number of nitrogens with zero attached hydrogens (tertiary/aromatic N) is 2. The summed E-state index contributed by atoms with van der Waals surface area (Å²) in [4.78, 5) is 16.0. The number of carbonyl (C=O) groups excluding carboxylic acids is 1. The zero-order chi connectivity index (χ0) is 17.9. The molecule has 0 saturated carbocycles. The lowest BCUT2D eigenvalue weighted by Crippen LogP contribution is -2.18. The van der Waals surface area contributed by atoms with Gasteiger partial charge in [-0.3, -0.25) is 4.79 Å². The van der Waals surface area contributed by atoms with E-state index in [1.54, 1.807) is 6.20 Å². The summed E-state index contributed by atoms with van der Waals surface area (Å²) in [6, 6.07) is 7.84. The summed E-state index contributed by atoms with van der Waals surface area (Å²) in [5.41, 5.74) is 1.70. The van der Waals surface area contributed by atoms with Crippen molar-refractivity contribution >= 4 is 44.9 Å². The predicted molar refractivity (Wildman–Crippen MR) is 105 cm³/mol. The van der Waals surface area contributed by atoms with E-state index in [4.69, 9.17) is 4.74 Å². The van der Waals surface area contributed by atoms with Crippen LogP contribution in [0, 0.1) is 0 Å². The third-order valence-electron chi connectivity index (χ3n) is 4.41. The van der Waals surface area contributed by atoms with Crippen molar-refractivity contribution < 1.29 is 9.53 Å². The van der Waals surface area contributed by atoms with Crippen LogP contribution in [0.15, 0.2) is 34.8 Å². The molecule has 0 radical (unpaired) electrons. The van der Waals surface area contributed by atoms with Crippen molar-refractivity contribution in [3.8, 4) is 0 Å². The summed E-state index contributed by atoms with van der Waals surface area (Å²) < 4.78 is 6.39. The van der Waals surface area contributed by atoms with Gasteiger partial charge in [-0.2, -0.15) is 0 Å². The normalized spacial score (nSPS) is 18.3. The van der Waals surface area contributed by atoms with Gasteiger partial charge in [-0.1, -0.05) is 41.3 Å². The van der Waals surface area contributed by atoms with Crippen molar-refractivity contribution in [3.05, 3.63) is 36.0 Å². The van der Waals surface area contributed by atoms with Crippen molar-refractivity contribution in [1.29, 1.82) is 0 Å². The van der Waals surface area contributed by atoms with Gasteiger partial charge in [-0.05, 0) is 25.8 Å². The minimum atomic E-state index is -0.229. The molecule has 1 aliphatic heterocycles. The smallest absolute Gasteiger partial charge is 0.206 e. The van der Waals surface area contributed by atoms with Crippen LogP contribution in [0.4, 0.5) is 5.13 Å². The SMILES string of the molecule is C[C@@H](Sc1nnc(NC[C@@H]2CCCO2)s1)C(=O)c1c[nH]c2ccccc12. The van der Waals surface area contributed by atoms with E-state index >= 15 is 0 Å². The minimum Gasteiger partial charge on any atom is -0.376 e. The van der Waals surface area contributed by atoms with Crippen LogP contribution < -0.4 is 5.32 Å². The molecule has 2 aromatic heterocycles. The average molecular weight is 389 g/mol. The molecule has 3 heterocycles. The molecule has 2 atom stereocenters. The Morgan fingerprint density at radius 1 is 1.46 bits per heavy atom. The second-order valence-corrected chi connectivity index (χ2v) is 8.83. The molecule has 26 heavy (non-hydrogen) atoms. The molecule has 4 rings (SSSR count). The molecule has 0 amide bonds. The van der Waals surface area contributed by atoms with Crippen LogP contribution in [0.25, 0.3) is 10.9 Å². The van der Waals surface area contributed by atoms with Crippen LogP contribution in [-0.4, -0.2) is 45.5 Å². The van der Waals surface area contributed by atoms with E-state index in [1.807, 2.05) is 31.2 Å². The number of rotatable bonds is 7. The first kappa shape index (κ1) is 17.5. The highest BCUT2D eigenvalue weighted by Gasteiger charge is 2.22. The number of Topliss-reactive ketones (excluding diaryl/α,β-unsaturated/α-hetero) is 1. The number of aromatic nitrogens is 3. The van der Waals surface area contributed by atoms with Gasteiger partial charge in [0.2, 0.25) is 5.13 Å². The molecular weight excluding hydrogens is 368 g/mol. The Labute approximate surface area is 159 Å². The Bertz CT molecular complexity index is 901. The van der Waals surface area contributed by atoms with Crippen LogP contribution in [0.3, 0.4) is 0 Å². The maximum absolute atomic E-state index is 12.8. The van der Waals surface area contributed by atoms with Crippen molar-refractivity contribution in [1.82, 2.24) is 15.2 Å². The molecular formula is C18H20N4O2S2. The lowest BCUT2D eigenvalue weighted by atomic mass is 10.1. The summed E-state index contributed by atoms with van der Waals surface area (Å²) in [7, 11) is 0. The van der Waals surface area contributed by atoms with E-state index in [-0.39, 0.29) is 17.1 Å². The number of nitrogens with one attached hydrogen (secondary N) is 2. The number of para-hydroxylation sites is 1. The van der Waals surface area contributed by atoms with Gasteiger partial charge in [0.05, 0.1) is 11.4 Å². The number of ketones is 1. The minimum absolute atomic E-state index is 0.0940. The van der Waals surface area contributed by atoms with Crippen LogP contribution in [0.1, 0.15) is 30.1 Å². The van der Waals surface area contributed by atoms with Crippen molar-refractivity contribution in [2.24, 2.45) is 0 Å². The molecule has 1 aromatic carbocycles. The van der Waals surface area contributed by atoms with Crippen LogP contribution in [0.2, 0.25) is 0 Å². The first-order valence-corrected chi connectivity index (χ1v) is 10.4. The molecule has 0 aliphatic carbocycles. The van der Waals surface area contributed by atoms with Crippen LogP contribution >= 0.6 is 23.1 Å². The van der Waals surface area contributed by atoms with Gasteiger partial charge in [0.25, 0.3) is 0 Å². The third kappa shape index (κ3) is 3.77. The Morgan fingerprint density at radius 2 is 2.35 bits per heavy atom. The number of hydrogen-bond acceptors (Lipinski definition) is 7. The summed E-state index contributed by atoms with van der Waals surface area (Å²) in [6.07, 6.45) is 4.26. The summed E-state index contributed by atoms with van der Waals surface area (Å²) >= 11 is 2.92. The second-order valence-electron chi connectivity index (χ2n) is 6.26. The zero-order valence-electron chi connectivity index (χ0n) is 14.4. The Balaban J connectivity index is 1.38. The fraction of sp³-hybridized carbons (Fsp3) is 0.389. The topological polar surface area (TPSA) is 79.9 Å². The van der Waals surface area contributed by atoms with Gasteiger partial charge in [-0.25, -0.2) is 0 Å². The summed E-state index contributed by atoms with van der Waals surface area (Å²) in [6.45, 7) is 3.51. The van der Waals surface area contributed by atoms with E-state index in [0.717, 1.165) is 51.9 Å². The molecule has 0 bridgehead atoms. The summed E-state index contributed by atoms with van der Waals surface area (Å²) in [5, 5.41) is 13.1. The Kier molecular flexibility index (Phi) is 5.23. The van der Waals surface area contributed by atoms with Gasteiger partial charge in [0, 0.05) is 35.8 Å². The third-order valence-corrected chi connectivity index (χ3v) is 6.48. The first-order chi connectivity index (χ1) is 12.7. The van der Waals surface area contributed by atoms with Gasteiger partial charge < -0.3 is 15.0 Å². The van der Waals surface area contributed by atoms with E-state index in [1.165, 1.54) is 23.1 Å². The average Bonchev–Trinajstić information content (AvgIpc) is 3.40. The number of benzene rings is 1. The number of H-pyrrole nitrogens is 1. The largest absolute Gasteiger partial charge is 0.376 e. The number of carbonyl (C=O) groups is 1. The van der Waals surface area contributed by atoms with Crippen molar-refractivity contribution in [2.45, 2.75) is 35.5 Å². The molecule has 2 N–H and O–H groups in total. The van der Waals surface area contributed by atoms with Gasteiger partial charge >= 0.3 is 0 Å². The van der Waals surface area contributed by atoms with Gasteiger partial charge in [0.1, 0.15) is 0 Å². The Morgan fingerprint density at radius 3 is 3.19 bits per heavy atom. The maximum Gasteiger partial charge on any atom is 0.206 e. The lowest BCUT2D eigenvalue weighted by molar-refractivity contribution is 0.0995. The predicted octanol–water partition coefficient (Wildman–Crippen LogP) is 3.97. The highest BCUT2D eigenvalue weighted by molar-refractivity contribution is 8.02. The standard InChI is InChI=1S/C18H20N4O2S2/c1-11(16(23)14-10-19-15-7-3-2-6-13(14)15)25-18-22-21-17(26-18)20-9-12-5-4-8-24-12/h2-3,6-7,10-12,19H,4-5,8-9H2,1H3,(H,20,21)/t11-,12+/m1/s1. The Hall–Kier alpha value is -1.90. The quantitative estimate of drug-likeness (QED) is 0.471. The molecule has 0 unspecified atom stereocenters. The van der Waals surface area contributed by atoms with E-state index < -0.39 is 0 Å². The number of aromatic amines is 1. The highest BCUT2D eigenvalue weighted by Crippen LogP contribution is 2.31. The molecule has 3 aromatic rings. The molecule has 6 nitrogen and oxygen atoms in total. The van der Waals surface area contributed by atoms with Gasteiger partial charge in [0.15, 0.2) is 10.1 Å². The van der Waals surface area contributed by atoms with Crippen LogP contribution in [-0.2, 0) is 4.74 Å². The molecule has 8 heteroatoms. The van der Waals surface area contributed by atoms with Crippen LogP contribution in [0.5, 0.6) is 0 Å². The fourth-order valence-electron chi connectivity index (χ4n) is 3.03. The number of fused-ring (bicyclic) bond motifs is 1. The van der Waals surface area contributed by atoms with E-state index in [9.17, 15) is 4.79 Å². The lowest BCUT2D eigenvalue weighted by Gasteiger charge is -2.08. The molecule has 1 saturated heterocycles. The number of anilines is 1. The highest BCUT2D eigenvalue weighted by atomic mass is 32.2. The van der Waals surface area contributed by atoms with Crippen molar-refractivity contribution in [2.75, 3.05) is 18.5 Å². The monoisotopic (exact) mass is 388 g/mol. The first-order valence-electron chi connectivity index (χ1n) is 8.66. The second kappa shape index (κ2) is 7.77. The molecule has 136 valence electrons. The number of ether oxygens (including phenoxy) is 1. The number of thioether (sulfide) groups is 1. The van der Waals surface area contributed by atoms with E-state index in [2.05, 4.69) is 20.5 Å². The zero-order valence-corrected chi connectivity index (χ0v) is 16.0. The molecule has 0 spiro atoms. The van der Waals surface area contributed by atoms with Crippen molar-refractivity contribution in [3.63, 3.8) is 0 Å². The molecule has 1 fully saturated rings. The fourth-order valence-corrected chi connectivity index (χ4v) is 5.01. The summed E-state index contributed by atoms with van der Waals surface area (Å²) in [5.74, 6) is 0.0940. The maximum atomic E-state index is 12.8. The molecule has 1 aliphatic rings. The number of hydrogen-bond donors (Lipinski definition) is 2. The van der Waals surface area contributed by atoms with Gasteiger partial charge in [-0.15, -0.1) is 10.2 Å². The van der Waals surface area contributed by atoms with E-state index in [0.29, 0.717) is 0 Å².